The van der Waals surface area contributed by atoms with E-state index in [2.05, 4.69) is 15.3 Å². The van der Waals surface area contributed by atoms with Crippen LogP contribution in [0.2, 0.25) is 0 Å². The van der Waals surface area contributed by atoms with Crippen LogP contribution in [-0.2, 0) is 9.53 Å². The molecule has 5 nitrogen and oxygen atoms in total. The van der Waals surface area contributed by atoms with Crippen LogP contribution in [0.4, 0.5) is 0 Å². The average Bonchev–Trinajstić information content (AvgIpc) is 2.80. The first-order valence-electron chi connectivity index (χ1n) is 5.19. The second-order valence-electron chi connectivity index (χ2n) is 3.44. The molecule has 1 unspecified atom stereocenters. The van der Waals surface area contributed by atoms with E-state index in [9.17, 15) is 4.79 Å². The van der Waals surface area contributed by atoms with Gasteiger partial charge in [0.15, 0.2) is 0 Å². The molecule has 0 bridgehead atoms. The fraction of sp³-hybridized carbons (Fsp3) is 0.364. The van der Waals surface area contributed by atoms with Gasteiger partial charge in [-0.2, -0.15) is 0 Å². The summed E-state index contributed by atoms with van der Waals surface area (Å²) in [7, 11) is 0. The van der Waals surface area contributed by atoms with Crippen molar-refractivity contribution in [3.8, 4) is 0 Å². The Morgan fingerprint density at radius 3 is 3.19 bits per heavy atom. The molecule has 0 radical (unpaired) electrons. The predicted molar refractivity (Wildman–Crippen MR) is 58.2 cm³/mol. The molecule has 1 aromatic heterocycles. The number of aromatic nitrogens is 2. The Bertz CT molecular complexity index is 403. The van der Waals surface area contributed by atoms with Crippen LogP contribution in [0, 0.1) is 0 Å². The van der Waals surface area contributed by atoms with Crippen LogP contribution in [0.3, 0.4) is 0 Å². The third-order valence-corrected chi connectivity index (χ3v) is 2.35. The van der Waals surface area contributed by atoms with Gasteiger partial charge in [-0.25, -0.2) is 4.79 Å². The molecule has 2 heterocycles. The topological polar surface area (TPSA) is 64.1 Å². The quantitative estimate of drug-likeness (QED) is 0.760. The third kappa shape index (κ3) is 2.18. The highest BCUT2D eigenvalue weighted by Gasteiger charge is 2.25. The molecule has 1 aliphatic heterocycles. The molecular weight excluding hydrogens is 206 g/mol. The van der Waals surface area contributed by atoms with Crippen LogP contribution in [-0.4, -0.2) is 28.6 Å². The Balaban J connectivity index is 2.00. The largest absolute Gasteiger partial charge is 0.464 e. The molecule has 16 heavy (non-hydrogen) atoms. The predicted octanol–water partition coefficient (Wildman–Crippen LogP) is 0.742. The van der Waals surface area contributed by atoms with Crippen LogP contribution in [0.5, 0.6) is 0 Å². The van der Waals surface area contributed by atoms with Gasteiger partial charge in [0.2, 0.25) is 0 Å². The van der Waals surface area contributed by atoms with Gasteiger partial charge in [-0.3, -0.25) is 9.97 Å². The first-order valence-corrected chi connectivity index (χ1v) is 5.19. The molecule has 1 aliphatic rings. The first-order chi connectivity index (χ1) is 7.81. The molecule has 5 heteroatoms. The summed E-state index contributed by atoms with van der Waals surface area (Å²) in [5, 5.41) is 2.99. The summed E-state index contributed by atoms with van der Waals surface area (Å²) in [4.78, 5) is 19.6. The van der Waals surface area contributed by atoms with Crippen molar-refractivity contribution in [1.29, 1.82) is 0 Å². The van der Waals surface area contributed by atoms with E-state index in [1.54, 1.807) is 31.7 Å². The highest BCUT2D eigenvalue weighted by atomic mass is 16.5. The summed E-state index contributed by atoms with van der Waals surface area (Å²) < 4.78 is 4.94. The average molecular weight is 219 g/mol. The molecule has 0 spiro atoms. The Morgan fingerprint density at radius 1 is 1.62 bits per heavy atom. The van der Waals surface area contributed by atoms with Crippen molar-refractivity contribution in [1.82, 2.24) is 15.3 Å². The Kier molecular flexibility index (Phi) is 3.14. The normalized spacial score (nSPS) is 18.8. The van der Waals surface area contributed by atoms with E-state index < -0.39 is 0 Å². The minimum Gasteiger partial charge on any atom is -0.464 e. The Morgan fingerprint density at radius 2 is 2.50 bits per heavy atom. The summed E-state index contributed by atoms with van der Waals surface area (Å²) in [5.74, 6) is -0.224. The van der Waals surface area contributed by atoms with Crippen molar-refractivity contribution >= 4 is 11.5 Å². The maximum Gasteiger partial charge on any atom is 0.328 e. The molecule has 0 saturated heterocycles. The van der Waals surface area contributed by atoms with Gasteiger partial charge in [0.25, 0.3) is 0 Å². The highest BCUT2D eigenvalue weighted by Crippen LogP contribution is 2.21. The minimum absolute atomic E-state index is 0.224. The monoisotopic (exact) mass is 219 g/mol. The third-order valence-electron chi connectivity index (χ3n) is 2.35. The maximum atomic E-state index is 11.5. The molecule has 1 N–H and O–H groups in total. The summed E-state index contributed by atoms with van der Waals surface area (Å²) >= 11 is 0. The van der Waals surface area contributed by atoms with Gasteiger partial charge in [-0.05, 0) is 12.5 Å². The number of hydrogen-bond acceptors (Lipinski definition) is 5. The lowest BCUT2D eigenvalue weighted by molar-refractivity contribution is -0.145. The molecule has 0 aliphatic carbocycles. The van der Waals surface area contributed by atoms with Crippen molar-refractivity contribution in [3.05, 3.63) is 30.5 Å². The summed E-state index contributed by atoms with van der Waals surface area (Å²) in [6.45, 7) is 2.20. The van der Waals surface area contributed by atoms with Gasteiger partial charge in [0.1, 0.15) is 6.04 Å². The zero-order valence-corrected chi connectivity index (χ0v) is 9.01. The lowest BCUT2D eigenvalue weighted by Crippen LogP contribution is -2.31. The highest BCUT2D eigenvalue weighted by molar-refractivity contribution is 5.81. The number of esters is 1. The van der Waals surface area contributed by atoms with Crippen molar-refractivity contribution in [2.24, 2.45) is 0 Å². The van der Waals surface area contributed by atoms with Crippen LogP contribution in [0.25, 0.3) is 5.57 Å². The number of carbonyl (C=O) groups excluding carboxylic acids is 1. The second-order valence-corrected chi connectivity index (χ2v) is 3.44. The number of hydrogen-bond donors (Lipinski definition) is 1. The first kappa shape index (κ1) is 10.6. The van der Waals surface area contributed by atoms with Crippen molar-refractivity contribution in [2.75, 3.05) is 6.61 Å². The van der Waals surface area contributed by atoms with Crippen molar-refractivity contribution < 1.29 is 9.53 Å². The van der Waals surface area contributed by atoms with E-state index in [1.807, 2.05) is 0 Å². The van der Waals surface area contributed by atoms with Crippen LogP contribution < -0.4 is 5.32 Å². The molecule has 0 aromatic carbocycles. The molecule has 84 valence electrons. The summed E-state index contributed by atoms with van der Waals surface area (Å²) in [5.41, 5.74) is 1.77. The molecule has 0 saturated carbocycles. The van der Waals surface area contributed by atoms with E-state index in [1.165, 1.54) is 0 Å². The van der Waals surface area contributed by atoms with Gasteiger partial charge >= 0.3 is 5.97 Å². The number of nitrogens with zero attached hydrogens (tertiary/aromatic N) is 2. The Labute approximate surface area is 93.6 Å². The van der Waals surface area contributed by atoms with Gasteiger partial charge in [0, 0.05) is 25.0 Å². The molecular formula is C11H13N3O2. The molecule has 2 rings (SSSR count). The molecule has 0 amide bonds. The van der Waals surface area contributed by atoms with Gasteiger partial charge < -0.3 is 10.1 Å². The van der Waals surface area contributed by atoms with Crippen molar-refractivity contribution in [3.63, 3.8) is 0 Å². The standard InChI is InChI=1S/C11H13N3O2/c1-2-16-11(15)9-5-8(6-14-9)10-7-12-3-4-13-10/h3-4,6-7,9,14H,2,5H2,1H3. The smallest absolute Gasteiger partial charge is 0.328 e. The number of carbonyl (C=O) groups is 1. The fourth-order valence-corrected chi connectivity index (χ4v) is 1.58. The number of ether oxygens (including phenoxy) is 1. The van der Waals surface area contributed by atoms with E-state index in [-0.39, 0.29) is 12.0 Å². The molecule has 1 atom stereocenters. The maximum absolute atomic E-state index is 11.5. The van der Waals surface area contributed by atoms with Crippen molar-refractivity contribution in [2.45, 2.75) is 19.4 Å². The zero-order chi connectivity index (χ0) is 11.4. The molecule has 0 fully saturated rings. The van der Waals surface area contributed by atoms with Gasteiger partial charge in [-0.15, -0.1) is 0 Å². The fourth-order valence-electron chi connectivity index (χ4n) is 1.58. The number of rotatable bonds is 3. The van der Waals surface area contributed by atoms with Crippen LogP contribution in [0.15, 0.2) is 24.8 Å². The SMILES string of the molecule is CCOC(=O)C1CC(c2cnccn2)=CN1. The van der Waals surface area contributed by atoms with E-state index >= 15 is 0 Å². The number of nitrogens with one attached hydrogen (secondary N) is 1. The van der Waals surface area contributed by atoms with E-state index in [0.717, 1.165) is 11.3 Å². The van der Waals surface area contributed by atoms with Crippen LogP contribution >= 0.6 is 0 Å². The lowest BCUT2D eigenvalue weighted by Gasteiger charge is -2.09. The van der Waals surface area contributed by atoms with E-state index in [0.29, 0.717) is 13.0 Å². The lowest BCUT2D eigenvalue weighted by atomic mass is 10.1. The Hall–Kier alpha value is -1.91. The van der Waals surface area contributed by atoms with Gasteiger partial charge in [-0.1, -0.05) is 0 Å². The van der Waals surface area contributed by atoms with E-state index in [4.69, 9.17) is 4.74 Å². The zero-order valence-electron chi connectivity index (χ0n) is 9.01. The van der Waals surface area contributed by atoms with Gasteiger partial charge in [0.05, 0.1) is 18.5 Å². The minimum atomic E-state index is -0.294. The van der Waals surface area contributed by atoms with Crippen LogP contribution in [0.1, 0.15) is 19.0 Å². The molecule has 1 aromatic rings. The summed E-state index contributed by atoms with van der Waals surface area (Å²) in [6, 6.07) is -0.294. The summed E-state index contributed by atoms with van der Waals surface area (Å²) in [6.07, 6.45) is 7.33. The second kappa shape index (κ2) is 4.74.